The molecule has 0 radical (unpaired) electrons. The first-order chi connectivity index (χ1) is 9.54. The van der Waals surface area contributed by atoms with Crippen LogP contribution in [0.25, 0.3) is 0 Å². The number of carbonyl (C=O) groups is 1. The van der Waals surface area contributed by atoms with Gasteiger partial charge in [0.2, 0.25) is 0 Å². The molecule has 0 saturated heterocycles. The monoisotopic (exact) mass is 299 g/mol. The lowest BCUT2D eigenvalue weighted by Crippen LogP contribution is -2.44. The van der Waals surface area contributed by atoms with Gasteiger partial charge in [0.1, 0.15) is 11.6 Å². The minimum atomic E-state index is -0.567. The molecule has 0 aliphatic heterocycles. The second-order valence-electron chi connectivity index (χ2n) is 5.13. The van der Waals surface area contributed by atoms with Gasteiger partial charge in [-0.25, -0.2) is 4.39 Å². The molecule has 110 valence electrons. The number of hydrogen-bond acceptors (Lipinski definition) is 2. The molecule has 0 N–H and O–H groups in total. The van der Waals surface area contributed by atoms with Crippen LogP contribution < -0.4 is 4.74 Å². The van der Waals surface area contributed by atoms with Gasteiger partial charge in [0.25, 0.3) is 5.91 Å². The third-order valence-electron chi connectivity index (χ3n) is 3.87. The van der Waals surface area contributed by atoms with Gasteiger partial charge >= 0.3 is 0 Å². The fourth-order valence-electron chi connectivity index (χ4n) is 2.64. The molecule has 1 aromatic carbocycles. The van der Waals surface area contributed by atoms with E-state index < -0.39 is 5.82 Å². The summed E-state index contributed by atoms with van der Waals surface area (Å²) >= 11 is 6.29. The van der Waals surface area contributed by atoms with E-state index in [0.29, 0.717) is 5.75 Å². The highest BCUT2D eigenvalue weighted by atomic mass is 35.5. The Kier molecular flexibility index (Phi) is 4.86. The average Bonchev–Trinajstić information content (AvgIpc) is 2.46. The second-order valence-corrected chi connectivity index (χ2v) is 5.69. The number of rotatable bonds is 3. The Bertz CT molecular complexity index is 495. The third-order valence-corrected chi connectivity index (χ3v) is 4.38. The van der Waals surface area contributed by atoms with Gasteiger partial charge in [-0.3, -0.25) is 4.79 Å². The summed E-state index contributed by atoms with van der Waals surface area (Å²) in [7, 11) is 3.15. The van der Waals surface area contributed by atoms with Gasteiger partial charge in [-0.15, -0.1) is 11.6 Å². The standard InChI is InChI=1S/C15H19ClFNO2/c1-18(14-6-4-3-5-12(14)16)15(19)11-8-7-10(20-2)9-13(11)17/h7-9,12,14H,3-6H2,1-2H3. The van der Waals surface area contributed by atoms with Crippen molar-refractivity contribution < 1.29 is 13.9 Å². The molecule has 20 heavy (non-hydrogen) atoms. The van der Waals surface area contributed by atoms with Crippen molar-refractivity contribution in [2.45, 2.75) is 37.1 Å². The molecule has 5 heteroatoms. The highest BCUT2D eigenvalue weighted by Gasteiger charge is 2.30. The highest BCUT2D eigenvalue weighted by molar-refractivity contribution is 6.21. The van der Waals surface area contributed by atoms with E-state index in [9.17, 15) is 9.18 Å². The van der Waals surface area contributed by atoms with Crippen molar-refractivity contribution in [3.8, 4) is 5.75 Å². The van der Waals surface area contributed by atoms with E-state index in [1.807, 2.05) is 0 Å². The first-order valence-corrected chi connectivity index (χ1v) is 7.23. The van der Waals surface area contributed by atoms with Crippen LogP contribution in [0.5, 0.6) is 5.75 Å². The quantitative estimate of drug-likeness (QED) is 0.800. The number of nitrogens with zero attached hydrogens (tertiary/aromatic N) is 1. The Morgan fingerprint density at radius 2 is 2.10 bits per heavy atom. The lowest BCUT2D eigenvalue weighted by molar-refractivity contribution is 0.0695. The molecule has 2 unspecified atom stereocenters. The molecule has 0 heterocycles. The van der Waals surface area contributed by atoms with Gasteiger partial charge in [-0.2, -0.15) is 0 Å². The normalized spacial score (nSPS) is 22.4. The first kappa shape index (κ1) is 15.1. The third kappa shape index (κ3) is 3.06. The van der Waals surface area contributed by atoms with Gasteiger partial charge in [-0.05, 0) is 25.0 Å². The summed E-state index contributed by atoms with van der Waals surface area (Å²) in [5, 5.41) is -0.0565. The number of amides is 1. The van der Waals surface area contributed by atoms with Gasteiger partial charge in [0.15, 0.2) is 0 Å². The fourth-order valence-corrected chi connectivity index (χ4v) is 3.09. The molecular formula is C15H19ClFNO2. The molecule has 0 spiro atoms. The maximum atomic E-state index is 14.0. The van der Waals surface area contributed by atoms with Crippen molar-refractivity contribution in [1.29, 1.82) is 0 Å². The lowest BCUT2D eigenvalue weighted by Gasteiger charge is -2.35. The molecule has 1 fully saturated rings. The molecule has 0 bridgehead atoms. The predicted molar refractivity (Wildman–Crippen MR) is 76.9 cm³/mol. The minimum Gasteiger partial charge on any atom is -0.497 e. The average molecular weight is 300 g/mol. The first-order valence-electron chi connectivity index (χ1n) is 6.79. The zero-order valence-electron chi connectivity index (χ0n) is 11.7. The van der Waals surface area contributed by atoms with Crippen LogP contribution in [0.15, 0.2) is 18.2 Å². The van der Waals surface area contributed by atoms with Crippen molar-refractivity contribution in [3.63, 3.8) is 0 Å². The van der Waals surface area contributed by atoms with Crippen molar-refractivity contribution >= 4 is 17.5 Å². The molecular weight excluding hydrogens is 281 g/mol. The smallest absolute Gasteiger partial charge is 0.256 e. The SMILES string of the molecule is COc1ccc(C(=O)N(C)C2CCCCC2Cl)c(F)c1. The summed E-state index contributed by atoms with van der Waals surface area (Å²) in [5.74, 6) is -0.500. The number of ether oxygens (including phenoxy) is 1. The molecule has 0 aromatic heterocycles. The van der Waals surface area contributed by atoms with Crippen molar-refractivity contribution in [2.24, 2.45) is 0 Å². The number of carbonyl (C=O) groups excluding carboxylic acids is 1. The number of benzene rings is 1. The van der Waals surface area contributed by atoms with Gasteiger partial charge in [-0.1, -0.05) is 12.8 Å². The minimum absolute atomic E-state index is 0.0283. The number of hydrogen-bond donors (Lipinski definition) is 0. The maximum Gasteiger partial charge on any atom is 0.256 e. The Morgan fingerprint density at radius 1 is 1.40 bits per heavy atom. The Labute approximate surface area is 123 Å². The summed E-state index contributed by atoms with van der Waals surface area (Å²) in [6, 6.07) is 4.24. The van der Waals surface area contributed by atoms with Gasteiger partial charge < -0.3 is 9.64 Å². The van der Waals surface area contributed by atoms with Crippen molar-refractivity contribution in [3.05, 3.63) is 29.6 Å². The largest absolute Gasteiger partial charge is 0.497 e. The molecule has 1 aromatic rings. The lowest BCUT2D eigenvalue weighted by atomic mass is 9.93. The van der Waals surface area contributed by atoms with Crippen LogP contribution in [0.3, 0.4) is 0 Å². The predicted octanol–water partition coefficient (Wildman–Crippen LogP) is 3.46. The van der Waals surface area contributed by atoms with Crippen LogP contribution in [0.2, 0.25) is 0 Å². The Morgan fingerprint density at radius 3 is 2.70 bits per heavy atom. The number of alkyl halides is 1. The van der Waals surface area contributed by atoms with E-state index in [1.54, 1.807) is 18.0 Å². The summed E-state index contributed by atoms with van der Waals surface area (Å²) < 4.78 is 18.9. The van der Waals surface area contributed by atoms with Crippen LogP contribution in [-0.2, 0) is 0 Å². The van der Waals surface area contributed by atoms with E-state index in [1.165, 1.54) is 19.2 Å². The summed E-state index contributed by atoms with van der Waals surface area (Å²) in [6.07, 6.45) is 3.91. The topological polar surface area (TPSA) is 29.5 Å². The van der Waals surface area contributed by atoms with E-state index >= 15 is 0 Å². The molecule has 1 aliphatic carbocycles. The Hall–Kier alpha value is -1.29. The molecule has 1 saturated carbocycles. The zero-order valence-corrected chi connectivity index (χ0v) is 12.5. The van der Waals surface area contributed by atoms with Gasteiger partial charge in [0, 0.05) is 19.2 Å². The maximum absolute atomic E-state index is 14.0. The molecule has 1 aliphatic rings. The van der Waals surface area contributed by atoms with E-state index in [2.05, 4.69) is 0 Å². The Balaban J connectivity index is 2.17. The van der Waals surface area contributed by atoms with Crippen molar-refractivity contribution in [2.75, 3.05) is 14.2 Å². The zero-order chi connectivity index (χ0) is 14.7. The van der Waals surface area contributed by atoms with E-state index in [4.69, 9.17) is 16.3 Å². The fraction of sp³-hybridized carbons (Fsp3) is 0.533. The molecule has 2 rings (SSSR count). The second kappa shape index (κ2) is 6.44. The molecule has 1 amide bonds. The van der Waals surface area contributed by atoms with Crippen LogP contribution in [-0.4, -0.2) is 36.4 Å². The van der Waals surface area contributed by atoms with Gasteiger partial charge in [0.05, 0.1) is 18.1 Å². The highest BCUT2D eigenvalue weighted by Crippen LogP contribution is 2.28. The summed E-state index contributed by atoms with van der Waals surface area (Å²) in [5.41, 5.74) is 0.0581. The number of halogens is 2. The number of methoxy groups -OCH3 is 1. The molecule has 2 atom stereocenters. The van der Waals surface area contributed by atoms with Crippen LogP contribution in [0, 0.1) is 5.82 Å². The summed E-state index contributed by atoms with van der Waals surface area (Å²) in [4.78, 5) is 14.0. The van der Waals surface area contributed by atoms with E-state index in [-0.39, 0.29) is 22.9 Å². The van der Waals surface area contributed by atoms with Crippen LogP contribution in [0.4, 0.5) is 4.39 Å². The van der Waals surface area contributed by atoms with Crippen molar-refractivity contribution in [1.82, 2.24) is 4.90 Å². The summed E-state index contributed by atoms with van der Waals surface area (Å²) in [6.45, 7) is 0. The molecule has 3 nitrogen and oxygen atoms in total. The van der Waals surface area contributed by atoms with Crippen LogP contribution in [0.1, 0.15) is 36.0 Å². The van der Waals surface area contributed by atoms with E-state index in [0.717, 1.165) is 25.7 Å². The van der Waals surface area contributed by atoms with Crippen LogP contribution >= 0.6 is 11.6 Å².